The molecule has 50 heavy (non-hydrogen) atoms. The van der Waals surface area contributed by atoms with E-state index >= 15 is 0 Å². The zero-order chi connectivity index (χ0) is 35.7. The molecule has 3 aromatic rings. The van der Waals surface area contributed by atoms with E-state index < -0.39 is 29.9 Å². The summed E-state index contributed by atoms with van der Waals surface area (Å²) in [5.74, 6) is -0.725. The fraction of sp³-hybridized carbons (Fsp3) is 0.462. The van der Waals surface area contributed by atoms with Crippen LogP contribution >= 0.6 is 0 Å². The van der Waals surface area contributed by atoms with Crippen LogP contribution in [0.1, 0.15) is 80.2 Å². The van der Waals surface area contributed by atoms with Gasteiger partial charge in [-0.3, -0.25) is 9.69 Å². The van der Waals surface area contributed by atoms with Crippen LogP contribution in [0, 0.1) is 0 Å². The number of esters is 2. The Morgan fingerprint density at radius 1 is 0.920 bits per heavy atom. The molecule has 11 nitrogen and oxygen atoms in total. The van der Waals surface area contributed by atoms with Crippen LogP contribution < -0.4 is 10.6 Å². The molecule has 268 valence electrons. The zero-order valence-electron chi connectivity index (χ0n) is 29.3. The van der Waals surface area contributed by atoms with Crippen LogP contribution in [0.15, 0.2) is 78.9 Å². The van der Waals surface area contributed by atoms with Gasteiger partial charge in [0.05, 0.1) is 25.9 Å². The Morgan fingerprint density at radius 2 is 1.60 bits per heavy atom. The van der Waals surface area contributed by atoms with Gasteiger partial charge in [-0.1, -0.05) is 78.9 Å². The molecule has 0 unspecified atom stereocenters. The monoisotopic (exact) mass is 687 g/mol. The van der Waals surface area contributed by atoms with Gasteiger partial charge in [-0.15, -0.1) is 0 Å². The van der Waals surface area contributed by atoms with Crippen molar-refractivity contribution in [2.24, 2.45) is 0 Å². The third-order valence-electron chi connectivity index (χ3n) is 8.87. The topological polar surface area (TPSA) is 136 Å². The van der Waals surface area contributed by atoms with E-state index in [2.05, 4.69) is 15.5 Å². The van der Waals surface area contributed by atoms with E-state index in [-0.39, 0.29) is 37.4 Å². The zero-order valence-corrected chi connectivity index (χ0v) is 29.3. The molecule has 0 radical (unpaired) electrons. The molecule has 2 amide bonds. The fourth-order valence-electron chi connectivity index (χ4n) is 6.35. The number of nitrogens with one attached hydrogen (secondary N) is 2. The SMILES string of the molecule is COC(=O)[C@H](Cc1ccccc1)NC(=O)NCc1ccc([C@H]2O[C@@H](CN3CCC[C@H]3C(=O)OC(C)(C)C)C[C@@H](c3ccc(CO)cc3)O2)cc1. The van der Waals surface area contributed by atoms with Gasteiger partial charge >= 0.3 is 18.0 Å². The predicted octanol–water partition coefficient (Wildman–Crippen LogP) is 5.11. The second kappa shape index (κ2) is 17.1. The van der Waals surface area contributed by atoms with Crippen molar-refractivity contribution in [3.63, 3.8) is 0 Å². The van der Waals surface area contributed by atoms with Crippen molar-refractivity contribution in [2.45, 2.75) is 95.8 Å². The summed E-state index contributed by atoms with van der Waals surface area (Å²) in [5.41, 5.74) is 3.81. The summed E-state index contributed by atoms with van der Waals surface area (Å²) in [4.78, 5) is 40.3. The van der Waals surface area contributed by atoms with Crippen molar-refractivity contribution in [2.75, 3.05) is 20.2 Å². The van der Waals surface area contributed by atoms with Crippen molar-refractivity contribution in [3.05, 3.63) is 107 Å². The van der Waals surface area contributed by atoms with Gasteiger partial charge in [-0.25, -0.2) is 9.59 Å². The summed E-state index contributed by atoms with van der Waals surface area (Å²) >= 11 is 0. The molecule has 0 aromatic heterocycles. The average Bonchev–Trinajstić information content (AvgIpc) is 3.58. The van der Waals surface area contributed by atoms with Gasteiger partial charge in [-0.05, 0) is 62.4 Å². The van der Waals surface area contributed by atoms with Crippen molar-refractivity contribution in [1.29, 1.82) is 0 Å². The Hall–Kier alpha value is -4.29. The van der Waals surface area contributed by atoms with Gasteiger partial charge in [0, 0.05) is 31.5 Å². The first kappa shape index (κ1) is 37.0. The van der Waals surface area contributed by atoms with Crippen LogP contribution in [-0.2, 0) is 48.1 Å². The summed E-state index contributed by atoms with van der Waals surface area (Å²) in [6.07, 6.45) is 1.41. The van der Waals surface area contributed by atoms with E-state index in [0.717, 1.165) is 47.2 Å². The third-order valence-corrected chi connectivity index (χ3v) is 8.87. The number of nitrogens with zero attached hydrogens (tertiary/aromatic N) is 1. The summed E-state index contributed by atoms with van der Waals surface area (Å²) < 4.78 is 23.7. The Morgan fingerprint density at radius 3 is 2.26 bits per heavy atom. The van der Waals surface area contributed by atoms with Gasteiger partial charge in [0.25, 0.3) is 0 Å². The van der Waals surface area contributed by atoms with Crippen molar-refractivity contribution in [1.82, 2.24) is 15.5 Å². The number of aliphatic hydroxyl groups is 1. The number of likely N-dealkylation sites (tertiary alicyclic amines) is 1. The van der Waals surface area contributed by atoms with Crippen LogP contribution in [-0.4, -0.2) is 72.0 Å². The van der Waals surface area contributed by atoms with Crippen molar-refractivity contribution in [3.8, 4) is 0 Å². The molecule has 2 heterocycles. The lowest BCUT2D eigenvalue weighted by atomic mass is 9.99. The number of benzene rings is 3. The molecule has 2 aliphatic heterocycles. The number of rotatable bonds is 12. The number of urea groups is 1. The maximum absolute atomic E-state index is 13.0. The van der Waals surface area contributed by atoms with E-state index in [9.17, 15) is 19.5 Å². The van der Waals surface area contributed by atoms with Crippen LogP contribution in [0.4, 0.5) is 4.79 Å². The first-order chi connectivity index (χ1) is 24.0. The number of amides is 2. The minimum absolute atomic E-state index is 0.0381. The number of carbonyl (C=O) groups is 3. The van der Waals surface area contributed by atoms with Crippen LogP contribution in [0.5, 0.6) is 0 Å². The molecule has 0 bridgehead atoms. The first-order valence-electron chi connectivity index (χ1n) is 17.2. The number of carbonyl (C=O) groups excluding carboxylic acids is 3. The predicted molar refractivity (Wildman–Crippen MR) is 187 cm³/mol. The van der Waals surface area contributed by atoms with Crippen LogP contribution in [0.2, 0.25) is 0 Å². The largest absolute Gasteiger partial charge is 0.467 e. The van der Waals surface area contributed by atoms with Gasteiger partial charge < -0.3 is 34.7 Å². The number of aliphatic hydroxyl groups excluding tert-OH is 1. The fourth-order valence-corrected chi connectivity index (χ4v) is 6.35. The minimum Gasteiger partial charge on any atom is -0.467 e. The highest BCUT2D eigenvalue weighted by Gasteiger charge is 2.39. The average molecular weight is 688 g/mol. The molecular formula is C39H49N3O8. The van der Waals surface area contributed by atoms with E-state index in [1.807, 2.05) is 99.6 Å². The Kier molecular flexibility index (Phi) is 12.6. The molecule has 2 aliphatic rings. The Balaban J connectivity index is 1.24. The van der Waals surface area contributed by atoms with Gasteiger partial charge in [0.2, 0.25) is 0 Å². The molecule has 11 heteroatoms. The lowest BCUT2D eigenvalue weighted by molar-refractivity contribution is -0.253. The second-order valence-corrected chi connectivity index (χ2v) is 13.9. The van der Waals surface area contributed by atoms with E-state index in [0.29, 0.717) is 19.4 Å². The lowest BCUT2D eigenvalue weighted by Crippen LogP contribution is -2.47. The van der Waals surface area contributed by atoms with Gasteiger partial charge in [0.1, 0.15) is 17.7 Å². The quantitative estimate of drug-likeness (QED) is 0.222. The highest BCUT2D eigenvalue weighted by atomic mass is 16.7. The smallest absolute Gasteiger partial charge is 0.328 e. The second-order valence-electron chi connectivity index (χ2n) is 13.9. The molecule has 0 aliphatic carbocycles. The standard InChI is InChI=1S/C39H49N3O8/c1-39(2,3)50-36(45)33-11-8-20-42(33)24-31-22-34(29-16-14-28(25-43)15-17-29)49-37(48-31)30-18-12-27(13-19-30)23-40-38(46)41-32(35(44)47-4)21-26-9-6-5-7-10-26/h5-7,9-10,12-19,31-34,37,43H,8,11,20-25H2,1-4H3,(H2,40,41,46)/t31-,32+,33+,34+,37+/m1/s1. The normalized spacial score (nSPS) is 21.6. The van der Waals surface area contributed by atoms with Crippen molar-refractivity contribution >= 4 is 18.0 Å². The molecule has 0 spiro atoms. The number of hydrogen-bond acceptors (Lipinski definition) is 9. The maximum Gasteiger partial charge on any atom is 0.328 e. The molecular weight excluding hydrogens is 638 g/mol. The minimum atomic E-state index is -0.828. The molecule has 2 saturated heterocycles. The Bertz CT molecular complexity index is 1560. The highest BCUT2D eigenvalue weighted by Crippen LogP contribution is 2.39. The number of ether oxygens (including phenoxy) is 4. The molecule has 0 saturated carbocycles. The summed E-state index contributed by atoms with van der Waals surface area (Å²) in [5, 5.41) is 15.1. The highest BCUT2D eigenvalue weighted by molar-refractivity contribution is 5.83. The molecule has 5 rings (SSSR count). The van der Waals surface area contributed by atoms with Crippen molar-refractivity contribution < 1.29 is 38.4 Å². The molecule has 3 aromatic carbocycles. The molecule has 3 N–H and O–H groups in total. The molecule has 2 fully saturated rings. The van der Waals surface area contributed by atoms with E-state index in [1.165, 1.54) is 7.11 Å². The number of hydrogen-bond donors (Lipinski definition) is 3. The van der Waals surface area contributed by atoms with Crippen LogP contribution in [0.25, 0.3) is 0 Å². The summed E-state index contributed by atoms with van der Waals surface area (Å²) in [6, 6.07) is 23.2. The number of methoxy groups -OCH3 is 1. The van der Waals surface area contributed by atoms with Crippen LogP contribution in [0.3, 0.4) is 0 Å². The van der Waals surface area contributed by atoms with E-state index in [4.69, 9.17) is 18.9 Å². The summed E-state index contributed by atoms with van der Waals surface area (Å²) in [6.45, 7) is 7.19. The first-order valence-corrected chi connectivity index (χ1v) is 17.2. The maximum atomic E-state index is 13.0. The Labute approximate surface area is 294 Å². The third kappa shape index (κ3) is 10.4. The summed E-state index contributed by atoms with van der Waals surface area (Å²) in [7, 11) is 1.30. The van der Waals surface area contributed by atoms with Gasteiger partial charge in [-0.2, -0.15) is 0 Å². The van der Waals surface area contributed by atoms with E-state index in [1.54, 1.807) is 0 Å². The molecule has 5 atom stereocenters. The van der Waals surface area contributed by atoms with Gasteiger partial charge in [0.15, 0.2) is 6.29 Å². The lowest BCUT2D eigenvalue weighted by Gasteiger charge is -2.38.